The summed E-state index contributed by atoms with van der Waals surface area (Å²) in [7, 11) is 1.55. The molecule has 28 heavy (non-hydrogen) atoms. The first-order chi connectivity index (χ1) is 13.6. The van der Waals surface area contributed by atoms with Crippen LogP contribution in [-0.4, -0.2) is 43.1 Å². The van der Waals surface area contributed by atoms with Gasteiger partial charge in [-0.15, -0.1) is 0 Å². The van der Waals surface area contributed by atoms with Crippen LogP contribution in [0.25, 0.3) is 0 Å². The van der Waals surface area contributed by atoms with Crippen LogP contribution in [0.3, 0.4) is 0 Å². The molecule has 0 aliphatic heterocycles. The van der Waals surface area contributed by atoms with Crippen molar-refractivity contribution in [3.63, 3.8) is 0 Å². The molecule has 0 aromatic heterocycles. The number of amides is 2. The molecule has 0 bridgehead atoms. The molecule has 2 aromatic carbocycles. The van der Waals surface area contributed by atoms with Gasteiger partial charge in [0.05, 0.1) is 13.3 Å². The van der Waals surface area contributed by atoms with Crippen LogP contribution in [0.15, 0.2) is 53.6 Å². The summed E-state index contributed by atoms with van der Waals surface area (Å²) in [6.45, 7) is 4.98. The molecule has 0 radical (unpaired) electrons. The topological polar surface area (TPSA) is 80.2 Å². The number of benzene rings is 2. The number of ether oxygens (including phenoxy) is 2. The van der Waals surface area contributed by atoms with Gasteiger partial charge in [0.1, 0.15) is 6.61 Å². The van der Waals surface area contributed by atoms with Crippen molar-refractivity contribution in [3.8, 4) is 11.5 Å². The highest BCUT2D eigenvalue weighted by Gasteiger charge is 2.18. The van der Waals surface area contributed by atoms with Gasteiger partial charge in [0.25, 0.3) is 0 Å². The third-order valence-corrected chi connectivity index (χ3v) is 4.05. The molecule has 2 aromatic rings. The van der Waals surface area contributed by atoms with Crippen LogP contribution < -0.4 is 14.9 Å². The van der Waals surface area contributed by atoms with E-state index in [1.807, 2.05) is 44.2 Å². The highest BCUT2D eigenvalue weighted by Crippen LogP contribution is 2.28. The van der Waals surface area contributed by atoms with Gasteiger partial charge in [0, 0.05) is 13.1 Å². The molecular weight excluding hydrogens is 358 g/mol. The van der Waals surface area contributed by atoms with E-state index in [0.29, 0.717) is 36.8 Å². The van der Waals surface area contributed by atoms with Crippen molar-refractivity contribution in [2.24, 2.45) is 5.10 Å². The third-order valence-electron chi connectivity index (χ3n) is 4.05. The van der Waals surface area contributed by atoms with Crippen molar-refractivity contribution in [2.75, 3.05) is 20.2 Å². The van der Waals surface area contributed by atoms with Crippen molar-refractivity contribution in [2.45, 2.75) is 20.5 Å². The van der Waals surface area contributed by atoms with Crippen LogP contribution >= 0.6 is 0 Å². The van der Waals surface area contributed by atoms with E-state index in [-0.39, 0.29) is 0 Å². The Morgan fingerprint density at radius 1 is 1.07 bits per heavy atom. The lowest BCUT2D eigenvalue weighted by Gasteiger charge is -2.16. The molecular formula is C21H25N3O4. The average molecular weight is 383 g/mol. The van der Waals surface area contributed by atoms with Crippen LogP contribution in [0.2, 0.25) is 0 Å². The zero-order valence-electron chi connectivity index (χ0n) is 16.3. The lowest BCUT2D eigenvalue weighted by Crippen LogP contribution is -2.41. The minimum absolute atomic E-state index is 0.425. The van der Waals surface area contributed by atoms with E-state index in [9.17, 15) is 9.59 Å². The highest BCUT2D eigenvalue weighted by atomic mass is 16.5. The number of carbonyl (C=O) groups is 2. The van der Waals surface area contributed by atoms with E-state index < -0.39 is 11.8 Å². The molecule has 2 rings (SSSR count). The number of hydrazone groups is 1. The Bertz CT molecular complexity index is 818. The Hall–Kier alpha value is -3.35. The van der Waals surface area contributed by atoms with Gasteiger partial charge in [-0.05, 0) is 43.2 Å². The maximum Gasteiger partial charge on any atom is 0.329 e. The molecule has 0 atom stereocenters. The predicted molar refractivity (Wildman–Crippen MR) is 107 cm³/mol. The number of carbonyl (C=O) groups excluding carboxylic acids is 2. The standard InChI is InChI=1S/C21H25N3O4/c1-4-24(5-2)21(26)20(25)23-22-14-17-11-12-18(19(13-17)27-3)28-15-16-9-7-6-8-10-16/h6-14H,4-5,15H2,1-3H3,(H,23,25)/b22-14-. The molecule has 0 spiro atoms. The van der Waals surface area contributed by atoms with E-state index in [2.05, 4.69) is 10.5 Å². The summed E-state index contributed by atoms with van der Waals surface area (Å²) in [6, 6.07) is 15.1. The van der Waals surface area contributed by atoms with E-state index in [4.69, 9.17) is 9.47 Å². The molecule has 0 fully saturated rings. The second-order valence-electron chi connectivity index (χ2n) is 5.86. The van der Waals surface area contributed by atoms with Crippen molar-refractivity contribution in [3.05, 3.63) is 59.7 Å². The van der Waals surface area contributed by atoms with Gasteiger partial charge in [0.2, 0.25) is 0 Å². The molecule has 2 amide bonds. The summed E-state index contributed by atoms with van der Waals surface area (Å²) in [6.07, 6.45) is 1.44. The maximum atomic E-state index is 11.9. The number of hydrogen-bond donors (Lipinski definition) is 1. The fourth-order valence-electron chi connectivity index (χ4n) is 2.49. The van der Waals surface area contributed by atoms with E-state index in [1.165, 1.54) is 11.1 Å². The smallest absolute Gasteiger partial charge is 0.329 e. The quantitative estimate of drug-likeness (QED) is 0.432. The first-order valence-electron chi connectivity index (χ1n) is 9.06. The predicted octanol–water partition coefficient (Wildman–Crippen LogP) is 2.59. The van der Waals surface area contributed by atoms with E-state index >= 15 is 0 Å². The summed E-state index contributed by atoms with van der Waals surface area (Å²) in [5.41, 5.74) is 3.99. The SMILES string of the molecule is CCN(CC)C(=O)C(=O)N/N=C\c1ccc(OCc2ccccc2)c(OC)c1. The third kappa shape index (κ3) is 5.84. The van der Waals surface area contributed by atoms with Crippen molar-refractivity contribution in [1.29, 1.82) is 0 Å². The number of nitrogens with zero attached hydrogens (tertiary/aromatic N) is 2. The van der Waals surface area contributed by atoms with Crippen molar-refractivity contribution >= 4 is 18.0 Å². The molecule has 1 N–H and O–H groups in total. The normalized spacial score (nSPS) is 10.5. The largest absolute Gasteiger partial charge is 0.493 e. The zero-order valence-corrected chi connectivity index (χ0v) is 16.3. The van der Waals surface area contributed by atoms with Gasteiger partial charge in [0.15, 0.2) is 11.5 Å². The van der Waals surface area contributed by atoms with Crippen LogP contribution in [0.4, 0.5) is 0 Å². The summed E-state index contributed by atoms with van der Waals surface area (Å²) in [5.74, 6) is -0.228. The lowest BCUT2D eigenvalue weighted by atomic mass is 10.2. The maximum absolute atomic E-state index is 11.9. The number of nitrogens with one attached hydrogen (secondary N) is 1. The molecule has 7 nitrogen and oxygen atoms in total. The molecule has 0 aliphatic carbocycles. The Morgan fingerprint density at radius 3 is 2.43 bits per heavy atom. The summed E-state index contributed by atoms with van der Waals surface area (Å²) < 4.78 is 11.2. The number of hydrogen-bond acceptors (Lipinski definition) is 5. The molecule has 0 saturated carbocycles. The molecule has 148 valence electrons. The average Bonchev–Trinajstić information content (AvgIpc) is 2.74. The number of likely N-dealkylation sites (N-methyl/N-ethyl adjacent to an activating group) is 1. The Labute approximate surface area is 164 Å². The highest BCUT2D eigenvalue weighted by molar-refractivity contribution is 6.34. The molecule has 0 saturated heterocycles. The summed E-state index contributed by atoms with van der Waals surface area (Å²) in [4.78, 5) is 25.1. The molecule has 7 heteroatoms. The van der Waals surface area contributed by atoms with Gasteiger partial charge in [-0.2, -0.15) is 5.10 Å². The second-order valence-corrected chi connectivity index (χ2v) is 5.86. The van der Waals surface area contributed by atoms with Gasteiger partial charge in [-0.3, -0.25) is 9.59 Å². The first-order valence-corrected chi connectivity index (χ1v) is 9.06. The monoisotopic (exact) mass is 383 g/mol. The fraction of sp³-hybridized carbons (Fsp3) is 0.286. The van der Waals surface area contributed by atoms with E-state index in [1.54, 1.807) is 25.3 Å². The summed E-state index contributed by atoms with van der Waals surface area (Å²) >= 11 is 0. The minimum Gasteiger partial charge on any atom is -0.493 e. The van der Waals surface area contributed by atoms with Crippen LogP contribution in [0.1, 0.15) is 25.0 Å². The van der Waals surface area contributed by atoms with Gasteiger partial charge in [-0.1, -0.05) is 30.3 Å². The van der Waals surface area contributed by atoms with Crippen molar-refractivity contribution in [1.82, 2.24) is 10.3 Å². The summed E-state index contributed by atoms with van der Waals surface area (Å²) in [5, 5.41) is 3.84. The number of methoxy groups -OCH3 is 1. The minimum atomic E-state index is -0.769. The van der Waals surface area contributed by atoms with Crippen LogP contribution in [0.5, 0.6) is 11.5 Å². The lowest BCUT2D eigenvalue weighted by molar-refractivity contribution is -0.145. The van der Waals surface area contributed by atoms with Crippen LogP contribution in [-0.2, 0) is 16.2 Å². The molecule has 0 unspecified atom stereocenters. The van der Waals surface area contributed by atoms with E-state index in [0.717, 1.165) is 5.56 Å². The van der Waals surface area contributed by atoms with Crippen LogP contribution in [0, 0.1) is 0 Å². The number of rotatable bonds is 8. The Morgan fingerprint density at radius 2 is 1.79 bits per heavy atom. The first kappa shape index (κ1) is 21.0. The zero-order chi connectivity index (χ0) is 20.4. The van der Waals surface area contributed by atoms with Gasteiger partial charge >= 0.3 is 11.8 Å². The van der Waals surface area contributed by atoms with Crippen molar-refractivity contribution < 1.29 is 19.1 Å². The molecule has 0 aliphatic rings. The second kappa shape index (κ2) is 10.7. The molecule has 0 heterocycles. The fourth-order valence-corrected chi connectivity index (χ4v) is 2.49. The van der Waals surface area contributed by atoms with Gasteiger partial charge < -0.3 is 14.4 Å². The Kier molecular flexibility index (Phi) is 8.02. The Balaban J connectivity index is 1.98. The van der Waals surface area contributed by atoms with Gasteiger partial charge in [-0.25, -0.2) is 5.43 Å².